The molecule has 17 heavy (non-hydrogen) atoms. The number of aromatic nitrogens is 2. The van der Waals surface area contributed by atoms with Crippen molar-refractivity contribution >= 4 is 11.9 Å². The number of carbonyl (C=O) groups excluding carboxylic acids is 1. The van der Waals surface area contributed by atoms with Crippen molar-refractivity contribution in [2.75, 3.05) is 6.54 Å². The Morgan fingerprint density at radius 2 is 2.41 bits per heavy atom. The molecule has 1 aromatic rings. The molecule has 2 rings (SSSR count). The molecule has 2 heterocycles. The normalized spacial score (nSPS) is 20.6. The minimum Gasteiger partial charge on any atom is -0.481 e. The first-order valence-electron chi connectivity index (χ1n) is 5.36. The molecule has 1 aromatic heterocycles. The summed E-state index contributed by atoms with van der Waals surface area (Å²) in [6.07, 6.45) is 0.650. The third kappa shape index (κ3) is 2.61. The van der Waals surface area contributed by atoms with Gasteiger partial charge in [0.2, 0.25) is 11.8 Å². The molecule has 0 radical (unpaired) electrons. The van der Waals surface area contributed by atoms with Crippen LogP contribution in [0.25, 0.3) is 0 Å². The monoisotopic (exact) mass is 239 g/mol. The van der Waals surface area contributed by atoms with Crippen LogP contribution in [0.1, 0.15) is 24.6 Å². The molecule has 1 fully saturated rings. The van der Waals surface area contributed by atoms with E-state index in [0.717, 1.165) is 0 Å². The van der Waals surface area contributed by atoms with Crippen molar-refractivity contribution in [3.63, 3.8) is 0 Å². The Balaban J connectivity index is 2.03. The Morgan fingerprint density at radius 3 is 3.00 bits per heavy atom. The van der Waals surface area contributed by atoms with E-state index in [-0.39, 0.29) is 25.4 Å². The van der Waals surface area contributed by atoms with Crippen molar-refractivity contribution in [1.82, 2.24) is 15.0 Å². The van der Waals surface area contributed by atoms with E-state index in [0.29, 0.717) is 18.1 Å². The first-order chi connectivity index (χ1) is 8.06. The maximum Gasteiger partial charge on any atom is 0.308 e. The van der Waals surface area contributed by atoms with E-state index >= 15 is 0 Å². The number of likely N-dealkylation sites (tertiary alicyclic amines) is 1. The molecule has 1 N–H and O–H groups in total. The van der Waals surface area contributed by atoms with E-state index in [1.807, 2.05) is 0 Å². The predicted molar refractivity (Wildman–Crippen MR) is 54.8 cm³/mol. The zero-order valence-electron chi connectivity index (χ0n) is 9.42. The van der Waals surface area contributed by atoms with Gasteiger partial charge in [-0.25, -0.2) is 0 Å². The van der Waals surface area contributed by atoms with Gasteiger partial charge in [0, 0.05) is 13.0 Å². The molecule has 0 bridgehead atoms. The number of nitrogens with zero attached hydrogens (tertiary/aromatic N) is 3. The summed E-state index contributed by atoms with van der Waals surface area (Å²) < 4.78 is 4.91. The van der Waals surface area contributed by atoms with Gasteiger partial charge in [-0.15, -0.1) is 0 Å². The van der Waals surface area contributed by atoms with Gasteiger partial charge in [0.15, 0.2) is 5.82 Å². The van der Waals surface area contributed by atoms with Gasteiger partial charge in [0.05, 0.1) is 5.92 Å². The van der Waals surface area contributed by atoms with Crippen LogP contribution < -0.4 is 0 Å². The van der Waals surface area contributed by atoms with Crippen molar-refractivity contribution in [3.05, 3.63) is 11.7 Å². The number of rotatable bonds is 3. The van der Waals surface area contributed by atoms with E-state index in [4.69, 9.17) is 9.63 Å². The van der Waals surface area contributed by atoms with Crippen molar-refractivity contribution in [3.8, 4) is 0 Å². The highest BCUT2D eigenvalue weighted by atomic mass is 16.5. The second kappa shape index (κ2) is 4.52. The summed E-state index contributed by atoms with van der Waals surface area (Å²) in [5.74, 6) is -0.611. The molecule has 0 aromatic carbocycles. The molecule has 92 valence electrons. The summed E-state index contributed by atoms with van der Waals surface area (Å²) in [4.78, 5) is 27.9. The van der Waals surface area contributed by atoms with Crippen LogP contribution in [0.5, 0.6) is 0 Å². The second-order valence-corrected chi connectivity index (χ2v) is 4.08. The SMILES string of the molecule is Cc1noc(CN2CC(C(=O)O)CCC2=O)n1. The van der Waals surface area contributed by atoms with Crippen molar-refractivity contribution in [1.29, 1.82) is 0 Å². The van der Waals surface area contributed by atoms with Crippen LogP contribution in [0.15, 0.2) is 4.52 Å². The average Bonchev–Trinajstić information content (AvgIpc) is 2.67. The van der Waals surface area contributed by atoms with Gasteiger partial charge < -0.3 is 14.5 Å². The summed E-state index contributed by atoms with van der Waals surface area (Å²) in [5.41, 5.74) is 0. The summed E-state index contributed by atoms with van der Waals surface area (Å²) in [6, 6.07) is 0. The van der Waals surface area contributed by atoms with E-state index in [2.05, 4.69) is 10.1 Å². The fraction of sp³-hybridized carbons (Fsp3) is 0.600. The van der Waals surface area contributed by atoms with Crippen LogP contribution in [0.2, 0.25) is 0 Å². The lowest BCUT2D eigenvalue weighted by Gasteiger charge is -2.29. The van der Waals surface area contributed by atoms with Gasteiger partial charge in [0.25, 0.3) is 0 Å². The fourth-order valence-corrected chi connectivity index (χ4v) is 1.84. The number of amides is 1. The number of hydrogen-bond donors (Lipinski definition) is 1. The average molecular weight is 239 g/mol. The Bertz CT molecular complexity index is 443. The highest BCUT2D eigenvalue weighted by Gasteiger charge is 2.30. The molecular weight excluding hydrogens is 226 g/mol. The van der Waals surface area contributed by atoms with Crippen molar-refractivity contribution < 1.29 is 19.2 Å². The summed E-state index contributed by atoms with van der Waals surface area (Å²) in [5, 5.41) is 12.5. The highest BCUT2D eigenvalue weighted by Crippen LogP contribution is 2.19. The Morgan fingerprint density at radius 1 is 1.65 bits per heavy atom. The Kier molecular flexibility index (Phi) is 3.08. The molecule has 0 saturated carbocycles. The zero-order valence-corrected chi connectivity index (χ0v) is 9.42. The maximum absolute atomic E-state index is 11.6. The minimum atomic E-state index is -0.871. The van der Waals surface area contributed by atoms with Crippen LogP contribution in [-0.4, -0.2) is 38.6 Å². The largest absolute Gasteiger partial charge is 0.481 e. The van der Waals surface area contributed by atoms with Gasteiger partial charge in [-0.1, -0.05) is 5.16 Å². The van der Waals surface area contributed by atoms with Gasteiger partial charge in [-0.3, -0.25) is 9.59 Å². The molecule has 1 unspecified atom stereocenters. The predicted octanol–water partition coefficient (Wildman–Crippen LogP) is 0.201. The lowest BCUT2D eigenvalue weighted by Crippen LogP contribution is -2.42. The molecule has 1 amide bonds. The third-order valence-corrected chi connectivity index (χ3v) is 2.75. The van der Waals surface area contributed by atoms with Gasteiger partial charge in [-0.2, -0.15) is 4.98 Å². The maximum atomic E-state index is 11.6. The zero-order chi connectivity index (χ0) is 12.4. The van der Waals surface area contributed by atoms with Gasteiger partial charge >= 0.3 is 5.97 Å². The number of carbonyl (C=O) groups is 2. The molecule has 0 aliphatic carbocycles. The molecule has 7 nitrogen and oxygen atoms in total. The standard InChI is InChI=1S/C10H13N3O4/c1-6-11-8(17-12-6)5-13-4-7(10(15)16)2-3-9(13)14/h7H,2-5H2,1H3,(H,15,16). The molecule has 0 spiro atoms. The quantitative estimate of drug-likeness (QED) is 0.809. The highest BCUT2D eigenvalue weighted by molar-refractivity contribution is 5.80. The number of carboxylic acid groups (broad SMARTS) is 1. The van der Waals surface area contributed by atoms with E-state index < -0.39 is 11.9 Å². The lowest BCUT2D eigenvalue weighted by molar-refractivity contribution is -0.147. The number of hydrogen-bond acceptors (Lipinski definition) is 5. The molecule has 1 aliphatic rings. The molecule has 1 saturated heterocycles. The molecular formula is C10H13N3O4. The van der Waals surface area contributed by atoms with E-state index in [9.17, 15) is 9.59 Å². The summed E-state index contributed by atoms with van der Waals surface area (Å²) in [6.45, 7) is 2.07. The summed E-state index contributed by atoms with van der Waals surface area (Å²) >= 11 is 0. The molecule has 7 heteroatoms. The van der Waals surface area contributed by atoms with Crippen LogP contribution in [0, 0.1) is 12.8 Å². The fourth-order valence-electron chi connectivity index (χ4n) is 1.84. The third-order valence-electron chi connectivity index (χ3n) is 2.75. The number of piperidine rings is 1. The van der Waals surface area contributed by atoms with Crippen LogP contribution in [0.4, 0.5) is 0 Å². The molecule has 1 aliphatic heterocycles. The number of carboxylic acids is 1. The van der Waals surface area contributed by atoms with Crippen LogP contribution >= 0.6 is 0 Å². The Hall–Kier alpha value is -1.92. The first-order valence-corrected chi connectivity index (χ1v) is 5.36. The lowest BCUT2D eigenvalue weighted by atomic mass is 9.98. The van der Waals surface area contributed by atoms with E-state index in [1.165, 1.54) is 4.90 Å². The minimum absolute atomic E-state index is 0.0710. The smallest absolute Gasteiger partial charge is 0.308 e. The topological polar surface area (TPSA) is 96.5 Å². The van der Waals surface area contributed by atoms with Gasteiger partial charge in [0.1, 0.15) is 6.54 Å². The number of aryl methyl sites for hydroxylation is 1. The van der Waals surface area contributed by atoms with Gasteiger partial charge in [-0.05, 0) is 13.3 Å². The second-order valence-electron chi connectivity index (χ2n) is 4.08. The molecule has 1 atom stereocenters. The van der Waals surface area contributed by atoms with Crippen LogP contribution in [-0.2, 0) is 16.1 Å². The Labute approximate surface area is 97.4 Å². The van der Waals surface area contributed by atoms with E-state index in [1.54, 1.807) is 6.92 Å². The van der Waals surface area contributed by atoms with Crippen molar-refractivity contribution in [2.24, 2.45) is 5.92 Å². The first kappa shape index (κ1) is 11.6. The summed E-state index contributed by atoms with van der Waals surface area (Å²) in [7, 11) is 0. The number of aliphatic carboxylic acids is 1. The van der Waals surface area contributed by atoms with Crippen molar-refractivity contribution in [2.45, 2.75) is 26.3 Å². The van der Waals surface area contributed by atoms with Crippen LogP contribution in [0.3, 0.4) is 0 Å².